The first-order chi connectivity index (χ1) is 6.31. The van der Waals surface area contributed by atoms with E-state index in [0.29, 0.717) is 6.04 Å². The van der Waals surface area contributed by atoms with Crippen LogP contribution in [0, 0.1) is 5.92 Å². The minimum Gasteiger partial charge on any atom is -0.326 e. The molecule has 76 valence electrons. The van der Waals surface area contributed by atoms with Crippen LogP contribution >= 0.6 is 0 Å². The Balaban J connectivity index is 1.92. The van der Waals surface area contributed by atoms with Crippen LogP contribution in [0.25, 0.3) is 0 Å². The van der Waals surface area contributed by atoms with Gasteiger partial charge in [0.2, 0.25) is 0 Å². The van der Waals surface area contributed by atoms with Crippen molar-refractivity contribution in [3.05, 3.63) is 0 Å². The SMILES string of the molecule is CCC1CCCC1N1CCC(N)C1. The fourth-order valence-corrected chi connectivity index (χ4v) is 3.09. The zero-order valence-corrected chi connectivity index (χ0v) is 8.71. The minimum absolute atomic E-state index is 0.457. The molecule has 0 aromatic carbocycles. The van der Waals surface area contributed by atoms with Gasteiger partial charge in [-0.1, -0.05) is 19.8 Å². The lowest BCUT2D eigenvalue weighted by Gasteiger charge is -2.28. The fraction of sp³-hybridized carbons (Fsp3) is 1.00. The van der Waals surface area contributed by atoms with Crippen LogP contribution in [0.2, 0.25) is 0 Å². The summed E-state index contributed by atoms with van der Waals surface area (Å²) in [5.74, 6) is 0.963. The predicted molar refractivity (Wildman–Crippen MR) is 55.6 cm³/mol. The van der Waals surface area contributed by atoms with Gasteiger partial charge in [0.25, 0.3) is 0 Å². The first-order valence-corrected chi connectivity index (χ1v) is 5.81. The molecule has 0 amide bonds. The molecule has 3 unspecified atom stereocenters. The van der Waals surface area contributed by atoms with E-state index >= 15 is 0 Å². The van der Waals surface area contributed by atoms with Crippen molar-refractivity contribution >= 4 is 0 Å². The number of hydrogen-bond donors (Lipinski definition) is 1. The monoisotopic (exact) mass is 182 g/mol. The maximum Gasteiger partial charge on any atom is 0.0180 e. The van der Waals surface area contributed by atoms with Crippen LogP contribution in [0.3, 0.4) is 0 Å². The largest absolute Gasteiger partial charge is 0.326 e. The lowest BCUT2D eigenvalue weighted by molar-refractivity contribution is 0.192. The summed E-state index contributed by atoms with van der Waals surface area (Å²) in [7, 11) is 0. The molecular formula is C11H22N2. The van der Waals surface area contributed by atoms with Crippen LogP contribution < -0.4 is 5.73 Å². The van der Waals surface area contributed by atoms with E-state index in [2.05, 4.69) is 11.8 Å². The summed E-state index contributed by atoms with van der Waals surface area (Å²) in [6, 6.07) is 1.33. The van der Waals surface area contributed by atoms with E-state index in [1.165, 1.54) is 38.6 Å². The third kappa shape index (κ3) is 1.89. The molecule has 1 aliphatic carbocycles. The molecule has 0 aromatic rings. The number of hydrogen-bond acceptors (Lipinski definition) is 2. The van der Waals surface area contributed by atoms with Gasteiger partial charge in [-0.25, -0.2) is 0 Å². The van der Waals surface area contributed by atoms with Crippen molar-refractivity contribution in [2.75, 3.05) is 13.1 Å². The Morgan fingerprint density at radius 3 is 2.77 bits per heavy atom. The summed E-state index contributed by atoms with van der Waals surface area (Å²) < 4.78 is 0. The molecule has 2 aliphatic rings. The quantitative estimate of drug-likeness (QED) is 0.703. The Bertz CT molecular complexity index is 169. The van der Waals surface area contributed by atoms with Gasteiger partial charge in [0.05, 0.1) is 0 Å². The molecule has 1 aliphatic heterocycles. The van der Waals surface area contributed by atoms with Gasteiger partial charge in [0.15, 0.2) is 0 Å². The van der Waals surface area contributed by atoms with E-state index in [0.717, 1.165) is 18.5 Å². The Hall–Kier alpha value is -0.0800. The predicted octanol–water partition coefficient (Wildman–Crippen LogP) is 1.60. The van der Waals surface area contributed by atoms with Crippen molar-refractivity contribution < 1.29 is 0 Å². The van der Waals surface area contributed by atoms with Crippen LogP contribution in [0.5, 0.6) is 0 Å². The smallest absolute Gasteiger partial charge is 0.0180 e. The molecule has 2 rings (SSSR count). The van der Waals surface area contributed by atoms with Crippen molar-refractivity contribution in [1.82, 2.24) is 4.90 Å². The van der Waals surface area contributed by atoms with Crippen LogP contribution in [-0.4, -0.2) is 30.1 Å². The number of nitrogens with two attached hydrogens (primary N) is 1. The van der Waals surface area contributed by atoms with E-state index in [4.69, 9.17) is 5.73 Å². The summed E-state index contributed by atoms with van der Waals surface area (Å²) in [5.41, 5.74) is 5.94. The van der Waals surface area contributed by atoms with E-state index in [-0.39, 0.29) is 0 Å². The first-order valence-electron chi connectivity index (χ1n) is 5.81. The topological polar surface area (TPSA) is 29.3 Å². The molecule has 0 radical (unpaired) electrons. The summed E-state index contributed by atoms with van der Waals surface area (Å²) >= 11 is 0. The minimum atomic E-state index is 0.457. The van der Waals surface area contributed by atoms with Gasteiger partial charge in [-0.3, -0.25) is 4.90 Å². The number of nitrogens with zero attached hydrogens (tertiary/aromatic N) is 1. The van der Waals surface area contributed by atoms with E-state index < -0.39 is 0 Å². The highest BCUT2D eigenvalue weighted by Crippen LogP contribution is 2.33. The zero-order valence-electron chi connectivity index (χ0n) is 8.71. The Morgan fingerprint density at radius 2 is 2.15 bits per heavy atom. The molecule has 0 bridgehead atoms. The Labute approximate surface area is 81.5 Å². The molecule has 13 heavy (non-hydrogen) atoms. The molecule has 1 saturated heterocycles. The molecule has 1 saturated carbocycles. The van der Waals surface area contributed by atoms with Gasteiger partial charge in [-0.2, -0.15) is 0 Å². The second kappa shape index (κ2) is 3.97. The number of likely N-dealkylation sites (tertiary alicyclic amines) is 1. The molecule has 0 aromatic heterocycles. The van der Waals surface area contributed by atoms with Crippen LogP contribution in [0.4, 0.5) is 0 Å². The average Bonchev–Trinajstić information content (AvgIpc) is 2.71. The van der Waals surface area contributed by atoms with Crippen LogP contribution in [0.1, 0.15) is 39.0 Å². The van der Waals surface area contributed by atoms with E-state index in [1.807, 2.05) is 0 Å². The normalized spacial score (nSPS) is 41.5. The van der Waals surface area contributed by atoms with E-state index in [1.54, 1.807) is 0 Å². The first kappa shape index (κ1) is 9.47. The zero-order chi connectivity index (χ0) is 9.26. The maximum atomic E-state index is 5.94. The summed E-state index contributed by atoms with van der Waals surface area (Å²) in [4.78, 5) is 2.64. The van der Waals surface area contributed by atoms with Gasteiger partial charge in [0, 0.05) is 25.2 Å². The molecule has 1 heterocycles. The summed E-state index contributed by atoms with van der Waals surface area (Å²) in [6.45, 7) is 4.74. The van der Waals surface area contributed by atoms with Crippen molar-refractivity contribution in [2.45, 2.75) is 51.1 Å². The molecular weight excluding hydrogens is 160 g/mol. The maximum absolute atomic E-state index is 5.94. The highest BCUT2D eigenvalue weighted by Gasteiger charge is 2.33. The molecule has 2 heteroatoms. The van der Waals surface area contributed by atoms with Gasteiger partial charge in [0.1, 0.15) is 0 Å². The highest BCUT2D eigenvalue weighted by molar-refractivity contribution is 4.89. The van der Waals surface area contributed by atoms with Crippen molar-refractivity contribution in [3.63, 3.8) is 0 Å². The van der Waals surface area contributed by atoms with Crippen LogP contribution in [0.15, 0.2) is 0 Å². The number of rotatable bonds is 2. The van der Waals surface area contributed by atoms with Crippen molar-refractivity contribution in [3.8, 4) is 0 Å². The second-order valence-electron chi connectivity index (χ2n) is 4.71. The average molecular weight is 182 g/mol. The summed E-state index contributed by atoms with van der Waals surface area (Å²) in [6.07, 6.45) is 6.89. The molecule has 0 spiro atoms. The van der Waals surface area contributed by atoms with Crippen molar-refractivity contribution in [2.24, 2.45) is 11.7 Å². The van der Waals surface area contributed by atoms with Gasteiger partial charge in [-0.15, -0.1) is 0 Å². The van der Waals surface area contributed by atoms with E-state index in [9.17, 15) is 0 Å². The molecule has 2 N–H and O–H groups in total. The molecule has 2 nitrogen and oxygen atoms in total. The Kier molecular flexibility index (Phi) is 2.89. The highest BCUT2D eigenvalue weighted by atomic mass is 15.2. The molecule has 2 fully saturated rings. The van der Waals surface area contributed by atoms with Gasteiger partial charge >= 0.3 is 0 Å². The molecule has 3 atom stereocenters. The van der Waals surface area contributed by atoms with Gasteiger partial charge < -0.3 is 5.73 Å². The third-order valence-corrected chi connectivity index (χ3v) is 3.87. The lowest BCUT2D eigenvalue weighted by Crippen LogP contribution is -2.37. The second-order valence-corrected chi connectivity index (χ2v) is 4.71. The van der Waals surface area contributed by atoms with Crippen LogP contribution in [-0.2, 0) is 0 Å². The lowest BCUT2D eigenvalue weighted by atomic mass is 10.00. The third-order valence-electron chi connectivity index (χ3n) is 3.87. The Morgan fingerprint density at radius 1 is 1.31 bits per heavy atom. The summed E-state index contributed by atoms with van der Waals surface area (Å²) in [5, 5.41) is 0. The fourth-order valence-electron chi connectivity index (χ4n) is 3.09. The van der Waals surface area contributed by atoms with Gasteiger partial charge in [-0.05, 0) is 25.2 Å². The standard InChI is InChI=1S/C11H22N2/c1-2-9-4-3-5-11(9)13-7-6-10(12)8-13/h9-11H,2-8,12H2,1H3. The van der Waals surface area contributed by atoms with Crippen molar-refractivity contribution in [1.29, 1.82) is 0 Å².